The molecule has 2 N–H and O–H groups in total. The topological polar surface area (TPSA) is 35.5 Å². The first-order valence-electron chi connectivity index (χ1n) is 8.11. The molecule has 0 amide bonds. The van der Waals surface area contributed by atoms with Gasteiger partial charge in [-0.1, -0.05) is 25.0 Å². The number of nitrogens with one attached hydrogen (secondary N) is 1. The molecular weight excluding hydrogens is 248 g/mol. The third kappa shape index (κ3) is 3.15. The molecule has 2 aliphatic rings. The summed E-state index contributed by atoms with van der Waals surface area (Å²) in [6.07, 6.45) is 7.65. The van der Waals surface area contributed by atoms with E-state index in [9.17, 15) is 5.11 Å². The average molecular weight is 274 g/mol. The van der Waals surface area contributed by atoms with Crippen molar-refractivity contribution in [3.05, 3.63) is 29.3 Å². The molecule has 3 nitrogen and oxygen atoms in total. The molecular formula is C17H26N2O. The van der Waals surface area contributed by atoms with Gasteiger partial charge in [0.1, 0.15) is 5.75 Å². The van der Waals surface area contributed by atoms with Crippen LogP contribution in [0.4, 0.5) is 0 Å². The van der Waals surface area contributed by atoms with Crippen molar-refractivity contribution >= 4 is 0 Å². The molecule has 0 radical (unpaired) electrons. The van der Waals surface area contributed by atoms with Gasteiger partial charge in [0.15, 0.2) is 0 Å². The highest BCUT2D eigenvalue weighted by atomic mass is 16.3. The molecule has 1 aromatic rings. The van der Waals surface area contributed by atoms with E-state index in [1.165, 1.54) is 44.3 Å². The second-order valence-electron chi connectivity index (χ2n) is 6.15. The van der Waals surface area contributed by atoms with Crippen molar-refractivity contribution in [2.75, 3.05) is 26.2 Å². The lowest BCUT2D eigenvalue weighted by molar-refractivity contribution is 0.279. The fourth-order valence-electron chi connectivity index (χ4n) is 3.60. The predicted molar refractivity (Wildman–Crippen MR) is 82.1 cm³/mol. The molecule has 1 fully saturated rings. The Morgan fingerprint density at radius 1 is 1.15 bits per heavy atom. The van der Waals surface area contributed by atoms with E-state index in [1.54, 1.807) is 6.07 Å². The monoisotopic (exact) mass is 274 g/mol. The van der Waals surface area contributed by atoms with Crippen molar-refractivity contribution in [2.45, 2.75) is 44.6 Å². The number of aromatic hydroxyl groups is 1. The summed E-state index contributed by atoms with van der Waals surface area (Å²) < 4.78 is 0. The minimum atomic E-state index is 0.434. The lowest BCUT2D eigenvalue weighted by atomic mass is 10.1. The second-order valence-corrected chi connectivity index (χ2v) is 6.15. The molecule has 0 spiro atoms. The summed E-state index contributed by atoms with van der Waals surface area (Å²) in [5.41, 5.74) is 2.46. The smallest absolute Gasteiger partial charge is 0.119 e. The maximum Gasteiger partial charge on any atom is 0.119 e. The van der Waals surface area contributed by atoms with Gasteiger partial charge in [-0.2, -0.15) is 0 Å². The summed E-state index contributed by atoms with van der Waals surface area (Å²) in [6.45, 7) is 4.75. The van der Waals surface area contributed by atoms with Gasteiger partial charge in [-0.15, -0.1) is 0 Å². The molecule has 1 heterocycles. The molecule has 1 aromatic carbocycles. The van der Waals surface area contributed by atoms with Gasteiger partial charge in [-0.25, -0.2) is 0 Å². The summed E-state index contributed by atoms with van der Waals surface area (Å²) >= 11 is 0. The minimum Gasteiger partial charge on any atom is -0.508 e. The van der Waals surface area contributed by atoms with E-state index < -0.39 is 0 Å². The van der Waals surface area contributed by atoms with Crippen LogP contribution >= 0.6 is 0 Å². The third-order valence-electron chi connectivity index (χ3n) is 4.76. The number of fused-ring (bicyclic) bond motifs is 1. The van der Waals surface area contributed by atoms with Gasteiger partial charge in [0.2, 0.25) is 0 Å². The van der Waals surface area contributed by atoms with Crippen LogP contribution in [-0.4, -0.2) is 36.2 Å². The zero-order valence-corrected chi connectivity index (χ0v) is 12.3. The van der Waals surface area contributed by atoms with E-state index in [0.717, 1.165) is 31.5 Å². The molecule has 3 heteroatoms. The molecule has 20 heavy (non-hydrogen) atoms. The molecule has 110 valence electrons. The van der Waals surface area contributed by atoms with Crippen molar-refractivity contribution in [1.29, 1.82) is 0 Å². The quantitative estimate of drug-likeness (QED) is 0.886. The van der Waals surface area contributed by atoms with Crippen LogP contribution in [0.15, 0.2) is 18.2 Å². The lowest BCUT2D eigenvalue weighted by Crippen LogP contribution is -2.34. The summed E-state index contributed by atoms with van der Waals surface area (Å²) in [5.74, 6) is 0.472. The zero-order chi connectivity index (χ0) is 13.8. The highest BCUT2D eigenvalue weighted by Crippen LogP contribution is 2.35. The zero-order valence-electron chi connectivity index (χ0n) is 12.3. The molecule has 3 rings (SSSR count). The Hall–Kier alpha value is -1.06. The van der Waals surface area contributed by atoms with Crippen molar-refractivity contribution in [3.8, 4) is 5.75 Å². The molecule has 0 saturated carbocycles. The number of phenolic OH excluding ortho intramolecular Hbond substituents is 1. The van der Waals surface area contributed by atoms with Crippen LogP contribution in [-0.2, 0) is 6.42 Å². The van der Waals surface area contributed by atoms with E-state index in [2.05, 4.69) is 16.3 Å². The van der Waals surface area contributed by atoms with Crippen LogP contribution in [0.5, 0.6) is 5.75 Å². The van der Waals surface area contributed by atoms with Crippen molar-refractivity contribution in [2.24, 2.45) is 0 Å². The highest BCUT2D eigenvalue weighted by Gasteiger charge is 2.24. The maximum absolute atomic E-state index is 9.87. The fraction of sp³-hybridized carbons (Fsp3) is 0.647. The Kier molecular flexibility index (Phi) is 4.58. The van der Waals surface area contributed by atoms with Crippen LogP contribution in [0.1, 0.15) is 49.3 Å². The van der Waals surface area contributed by atoms with Gasteiger partial charge in [0, 0.05) is 19.1 Å². The first-order valence-corrected chi connectivity index (χ1v) is 8.11. The van der Waals surface area contributed by atoms with E-state index in [4.69, 9.17) is 0 Å². The summed E-state index contributed by atoms with van der Waals surface area (Å²) in [6, 6.07) is 6.36. The van der Waals surface area contributed by atoms with Crippen LogP contribution in [0.25, 0.3) is 0 Å². The number of rotatable bonds is 4. The summed E-state index contributed by atoms with van der Waals surface area (Å²) in [7, 11) is 0. The molecule has 1 aliphatic heterocycles. The lowest BCUT2D eigenvalue weighted by Gasteiger charge is -2.21. The number of nitrogens with zero attached hydrogens (tertiary/aromatic N) is 1. The average Bonchev–Trinajstić information content (AvgIpc) is 2.70. The van der Waals surface area contributed by atoms with Gasteiger partial charge in [-0.3, -0.25) is 0 Å². The van der Waals surface area contributed by atoms with Gasteiger partial charge in [-0.05, 0) is 56.0 Å². The molecule has 1 saturated heterocycles. The number of benzene rings is 1. The Morgan fingerprint density at radius 3 is 2.75 bits per heavy atom. The van der Waals surface area contributed by atoms with Crippen molar-refractivity contribution in [3.63, 3.8) is 0 Å². The first-order chi connectivity index (χ1) is 9.84. The summed E-state index contributed by atoms with van der Waals surface area (Å²) in [5, 5.41) is 13.6. The minimum absolute atomic E-state index is 0.434. The van der Waals surface area contributed by atoms with Crippen LogP contribution < -0.4 is 5.32 Å². The van der Waals surface area contributed by atoms with Gasteiger partial charge in [0.05, 0.1) is 0 Å². The van der Waals surface area contributed by atoms with Crippen LogP contribution in [0.2, 0.25) is 0 Å². The number of likely N-dealkylation sites (tertiary alicyclic amines) is 1. The largest absolute Gasteiger partial charge is 0.508 e. The highest BCUT2D eigenvalue weighted by molar-refractivity contribution is 5.44. The van der Waals surface area contributed by atoms with E-state index in [1.807, 2.05) is 6.07 Å². The number of hydrogen-bond acceptors (Lipinski definition) is 3. The summed E-state index contributed by atoms with van der Waals surface area (Å²) in [4.78, 5) is 2.60. The Morgan fingerprint density at radius 2 is 1.95 bits per heavy atom. The molecule has 1 aliphatic carbocycles. The standard InChI is InChI=1S/C17H26N2O/c20-17-7-5-6-14-15(17)8-9-16(14)18-10-13-19-11-3-1-2-4-12-19/h5-7,16,18,20H,1-4,8-13H2. The van der Waals surface area contributed by atoms with Gasteiger partial charge in [0.25, 0.3) is 0 Å². The van der Waals surface area contributed by atoms with Crippen molar-refractivity contribution < 1.29 is 5.11 Å². The molecule has 0 aromatic heterocycles. The second kappa shape index (κ2) is 6.59. The predicted octanol–water partition coefficient (Wildman–Crippen LogP) is 2.85. The Bertz CT molecular complexity index is 439. The van der Waals surface area contributed by atoms with E-state index in [0.29, 0.717) is 11.8 Å². The van der Waals surface area contributed by atoms with Crippen LogP contribution in [0.3, 0.4) is 0 Å². The van der Waals surface area contributed by atoms with Crippen molar-refractivity contribution in [1.82, 2.24) is 10.2 Å². The number of phenols is 1. The maximum atomic E-state index is 9.87. The molecule has 1 unspecified atom stereocenters. The van der Waals surface area contributed by atoms with Gasteiger partial charge < -0.3 is 15.3 Å². The fourth-order valence-corrected chi connectivity index (χ4v) is 3.60. The van der Waals surface area contributed by atoms with Gasteiger partial charge >= 0.3 is 0 Å². The normalized spacial score (nSPS) is 23.5. The SMILES string of the molecule is Oc1cccc2c1CCC2NCCN1CCCCCC1. The Labute approximate surface area is 122 Å². The molecule has 0 bridgehead atoms. The third-order valence-corrected chi connectivity index (χ3v) is 4.76. The first kappa shape index (κ1) is 13.9. The Balaban J connectivity index is 1.49. The molecule has 1 atom stereocenters. The van der Waals surface area contributed by atoms with E-state index >= 15 is 0 Å². The van der Waals surface area contributed by atoms with Crippen LogP contribution in [0, 0.1) is 0 Å². The van der Waals surface area contributed by atoms with E-state index in [-0.39, 0.29) is 0 Å². The number of hydrogen-bond donors (Lipinski definition) is 2.